The molecule has 0 aromatic heterocycles. The van der Waals surface area contributed by atoms with Gasteiger partial charge < -0.3 is 11.5 Å². The topological polar surface area (TPSA) is 55.3 Å². The van der Waals surface area contributed by atoms with Crippen molar-refractivity contribution in [3.63, 3.8) is 0 Å². The molecule has 0 aliphatic carbocycles. The summed E-state index contributed by atoms with van der Waals surface area (Å²) in [6.07, 6.45) is -2.56. The number of rotatable bonds is 2. The molecule has 0 amide bonds. The van der Waals surface area contributed by atoms with Crippen LogP contribution in [0.15, 0.2) is 24.3 Å². The van der Waals surface area contributed by atoms with E-state index >= 15 is 0 Å². The second-order valence-electron chi connectivity index (χ2n) is 4.77. The molecule has 1 aliphatic rings. The van der Waals surface area contributed by atoms with Gasteiger partial charge in [0.1, 0.15) is 0 Å². The van der Waals surface area contributed by atoms with Gasteiger partial charge >= 0.3 is 6.18 Å². The van der Waals surface area contributed by atoms with Gasteiger partial charge in [-0.2, -0.15) is 13.2 Å². The van der Waals surface area contributed by atoms with Crippen LogP contribution in [0.25, 0.3) is 0 Å². The van der Waals surface area contributed by atoms with Crippen molar-refractivity contribution in [1.29, 1.82) is 0 Å². The Morgan fingerprint density at radius 2 is 1.70 bits per heavy atom. The van der Waals surface area contributed by atoms with E-state index in [-0.39, 0.29) is 6.04 Å². The van der Waals surface area contributed by atoms with Crippen LogP contribution in [0.1, 0.15) is 24.0 Å². The lowest BCUT2D eigenvalue weighted by atomic mass is 10.0. The summed E-state index contributed by atoms with van der Waals surface area (Å²) in [5, 5.41) is 0. The number of likely N-dealkylation sites (tertiary alicyclic amines) is 1. The minimum atomic E-state index is -4.28. The number of hydrogen-bond donors (Lipinski definition) is 2. The van der Waals surface area contributed by atoms with Crippen LogP contribution in [0.4, 0.5) is 13.2 Å². The second-order valence-corrected chi connectivity index (χ2v) is 4.77. The van der Waals surface area contributed by atoms with Gasteiger partial charge in [0.15, 0.2) is 0 Å². The van der Waals surface area contributed by atoms with Gasteiger partial charge in [0, 0.05) is 12.6 Å². The summed E-state index contributed by atoms with van der Waals surface area (Å²) < 4.78 is 38.5. The molecule has 4 N–H and O–H groups in total. The van der Waals surface area contributed by atoms with Gasteiger partial charge in [-0.25, -0.2) is 0 Å². The van der Waals surface area contributed by atoms with E-state index in [0.29, 0.717) is 12.1 Å². The van der Waals surface area contributed by atoms with Gasteiger partial charge in [-0.3, -0.25) is 4.90 Å². The van der Waals surface area contributed by atoms with E-state index in [0.717, 1.165) is 32.0 Å². The van der Waals surface area contributed by atoms with Crippen molar-refractivity contribution in [1.82, 2.24) is 4.90 Å². The highest BCUT2D eigenvalue weighted by Crippen LogP contribution is 2.32. The Kier molecular flexibility index (Phi) is 6.45. The number of nitrogens with two attached hydrogens (primary N) is 2. The molecule has 1 aliphatic heterocycles. The van der Waals surface area contributed by atoms with E-state index in [1.807, 2.05) is 4.90 Å². The van der Waals surface area contributed by atoms with Gasteiger partial charge in [0.05, 0.1) is 5.56 Å². The van der Waals surface area contributed by atoms with Gasteiger partial charge in [-0.1, -0.05) is 18.2 Å². The fourth-order valence-corrected chi connectivity index (χ4v) is 2.29. The second kappa shape index (κ2) is 7.61. The molecule has 0 saturated carbocycles. The van der Waals surface area contributed by atoms with E-state index in [2.05, 4.69) is 5.73 Å². The maximum atomic E-state index is 12.8. The van der Waals surface area contributed by atoms with Crippen molar-refractivity contribution < 1.29 is 13.2 Å². The van der Waals surface area contributed by atoms with Crippen molar-refractivity contribution in [2.75, 3.05) is 20.1 Å². The van der Waals surface area contributed by atoms with Crippen LogP contribution in [0, 0.1) is 0 Å². The molecule has 3 nitrogen and oxygen atoms in total. The van der Waals surface area contributed by atoms with Crippen LogP contribution >= 0.6 is 0 Å². The summed E-state index contributed by atoms with van der Waals surface area (Å²) in [7, 11) is 1.50. The van der Waals surface area contributed by atoms with Crippen LogP contribution in [-0.4, -0.2) is 31.1 Å². The third kappa shape index (κ3) is 4.77. The Morgan fingerprint density at radius 3 is 2.25 bits per heavy atom. The van der Waals surface area contributed by atoms with Crippen molar-refractivity contribution in [3.05, 3.63) is 35.4 Å². The lowest BCUT2D eigenvalue weighted by molar-refractivity contribution is -0.138. The number of piperidine rings is 1. The first-order chi connectivity index (χ1) is 9.47. The third-order valence-electron chi connectivity index (χ3n) is 3.35. The maximum Gasteiger partial charge on any atom is 0.416 e. The van der Waals surface area contributed by atoms with Gasteiger partial charge in [0.2, 0.25) is 0 Å². The number of hydrogen-bond acceptors (Lipinski definition) is 3. The Hall–Kier alpha value is -1.11. The zero-order valence-electron chi connectivity index (χ0n) is 11.7. The molecule has 0 atom stereocenters. The lowest BCUT2D eigenvalue weighted by Crippen LogP contribution is -2.39. The molecule has 114 valence electrons. The van der Waals surface area contributed by atoms with Crippen LogP contribution in [0.3, 0.4) is 0 Å². The average Bonchev–Trinajstić information content (AvgIpc) is 2.43. The van der Waals surface area contributed by atoms with E-state index < -0.39 is 11.7 Å². The molecule has 0 unspecified atom stereocenters. The average molecular weight is 289 g/mol. The zero-order valence-corrected chi connectivity index (χ0v) is 11.7. The fourth-order valence-electron chi connectivity index (χ4n) is 2.29. The molecule has 1 fully saturated rings. The molecule has 1 aromatic carbocycles. The number of nitrogens with zero attached hydrogens (tertiary/aromatic N) is 1. The summed E-state index contributed by atoms with van der Waals surface area (Å²) >= 11 is 0. The Morgan fingerprint density at radius 1 is 1.15 bits per heavy atom. The molecular formula is C14H22F3N3. The van der Waals surface area contributed by atoms with Gasteiger partial charge in [-0.05, 0) is 44.6 Å². The monoisotopic (exact) mass is 289 g/mol. The predicted molar refractivity (Wildman–Crippen MR) is 74.0 cm³/mol. The molecule has 20 heavy (non-hydrogen) atoms. The SMILES string of the molecule is CN.NC1CCN(Cc2ccccc2C(F)(F)F)CC1. The van der Waals surface area contributed by atoms with Crippen LogP contribution in [0.2, 0.25) is 0 Å². The maximum absolute atomic E-state index is 12.8. The highest BCUT2D eigenvalue weighted by Gasteiger charge is 2.33. The number of benzene rings is 1. The summed E-state index contributed by atoms with van der Waals surface area (Å²) in [5.41, 5.74) is 10.1. The van der Waals surface area contributed by atoms with Crippen LogP contribution in [0.5, 0.6) is 0 Å². The third-order valence-corrected chi connectivity index (χ3v) is 3.35. The number of alkyl halides is 3. The minimum Gasteiger partial charge on any atom is -0.333 e. The molecule has 2 rings (SSSR count). The molecule has 6 heteroatoms. The summed E-state index contributed by atoms with van der Waals surface area (Å²) in [4.78, 5) is 2.04. The highest BCUT2D eigenvalue weighted by molar-refractivity contribution is 5.29. The van der Waals surface area contributed by atoms with E-state index in [1.54, 1.807) is 12.1 Å². The Balaban J connectivity index is 0.000000956. The first-order valence-electron chi connectivity index (χ1n) is 6.67. The molecule has 1 saturated heterocycles. The van der Waals surface area contributed by atoms with Crippen LogP contribution < -0.4 is 11.5 Å². The van der Waals surface area contributed by atoms with E-state index in [9.17, 15) is 13.2 Å². The molecule has 1 aromatic rings. The van der Waals surface area contributed by atoms with E-state index in [4.69, 9.17) is 5.73 Å². The first kappa shape index (κ1) is 16.9. The van der Waals surface area contributed by atoms with Gasteiger partial charge in [-0.15, -0.1) is 0 Å². The fraction of sp³-hybridized carbons (Fsp3) is 0.571. The first-order valence-corrected chi connectivity index (χ1v) is 6.67. The van der Waals surface area contributed by atoms with Crippen LogP contribution in [-0.2, 0) is 12.7 Å². The molecule has 0 bridgehead atoms. The standard InChI is InChI=1S/C13H17F3N2.CH5N/c14-13(15,16)12-4-2-1-3-10(12)9-18-7-5-11(17)6-8-18;1-2/h1-4,11H,5-9,17H2;2H2,1H3. The minimum absolute atomic E-state index is 0.194. The van der Waals surface area contributed by atoms with Crippen molar-refractivity contribution in [3.8, 4) is 0 Å². The van der Waals surface area contributed by atoms with Crippen molar-refractivity contribution in [2.24, 2.45) is 11.5 Å². The summed E-state index contributed by atoms with van der Waals surface area (Å²) in [6.45, 7) is 1.89. The smallest absolute Gasteiger partial charge is 0.333 e. The molecular weight excluding hydrogens is 267 g/mol. The predicted octanol–water partition coefficient (Wildman–Crippen LogP) is 2.20. The quantitative estimate of drug-likeness (QED) is 0.877. The molecule has 0 radical (unpaired) electrons. The normalized spacial score (nSPS) is 17.5. The Labute approximate surface area is 117 Å². The Bertz CT molecular complexity index is 399. The number of halogens is 3. The largest absolute Gasteiger partial charge is 0.416 e. The molecule has 1 heterocycles. The van der Waals surface area contributed by atoms with Crippen molar-refractivity contribution >= 4 is 0 Å². The summed E-state index contributed by atoms with van der Waals surface area (Å²) in [5.74, 6) is 0. The zero-order chi connectivity index (χ0) is 15.2. The van der Waals surface area contributed by atoms with Gasteiger partial charge in [0.25, 0.3) is 0 Å². The van der Waals surface area contributed by atoms with E-state index in [1.165, 1.54) is 13.1 Å². The summed E-state index contributed by atoms with van der Waals surface area (Å²) in [6, 6.07) is 5.97. The highest BCUT2D eigenvalue weighted by atomic mass is 19.4. The van der Waals surface area contributed by atoms with Crippen molar-refractivity contribution in [2.45, 2.75) is 31.6 Å². The lowest BCUT2D eigenvalue weighted by Gasteiger charge is -2.30. The molecule has 0 spiro atoms.